The molecule has 9 nitrogen and oxygen atoms in total. The number of piperidine rings is 1. The maximum atomic E-state index is 10.7. The highest BCUT2D eigenvalue weighted by atomic mass is 32.1. The van der Waals surface area contributed by atoms with Crippen molar-refractivity contribution in [3.05, 3.63) is 41.9 Å². The predicted octanol–water partition coefficient (Wildman–Crippen LogP) is 4.75. The second-order valence-electron chi connectivity index (χ2n) is 9.77. The number of nitrogens with one attached hydrogen (secondary N) is 1. The van der Waals surface area contributed by atoms with Gasteiger partial charge in [0.25, 0.3) is 5.00 Å². The topological polar surface area (TPSA) is 106 Å². The zero-order valence-corrected chi connectivity index (χ0v) is 19.7. The first-order valence-corrected chi connectivity index (χ1v) is 11.5. The summed E-state index contributed by atoms with van der Waals surface area (Å²) in [5.74, 6) is 0.0648. The summed E-state index contributed by atoms with van der Waals surface area (Å²) in [6.07, 6.45) is 3.35. The van der Waals surface area contributed by atoms with E-state index in [0.717, 1.165) is 18.4 Å². The molecule has 1 aromatic carbocycles. The lowest BCUT2D eigenvalue weighted by Crippen LogP contribution is -2.58. The number of hydrogen-bond donors (Lipinski definition) is 2. The predicted molar refractivity (Wildman–Crippen MR) is 127 cm³/mol. The van der Waals surface area contributed by atoms with E-state index in [1.54, 1.807) is 18.2 Å². The Hall–Kier alpha value is -3.42. The third kappa shape index (κ3) is 4.05. The van der Waals surface area contributed by atoms with Crippen LogP contribution < -0.4 is 5.32 Å². The number of thiazole rings is 1. The monoisotopic (exact) mass is 460 g/mol. The van der Waals surface area contributed by atoms with Gasteiger partial charge in [0.05, 0.1) is 18.3 Å². The van der Waals surface area contributed by atoms with E-state index >= 15 is 0 Å². The van der Waals surface area contributed by atoms with Crippen LogP contribution in [0.3, 0.4) is 0 Å². The van der Waals surface area contributed by atoms with Crippen molar-refractivity contribution < 1.29 is 5.11 Å². The summed E-state index contributed by atoms with van der Waals surface area (Å²) in [4.78, 5) is 7.64. The van der Waals surface area contributed by atoms with Gasteiger partial charge in [0.1, 0.15) is 16.3 Å². The maximum absolute atomic E-state index is 10.7. The molecule has 5 rings (SSSR count). The van der Waals surface area contributed by atoms with Gasteiger partial charge in [-0.15, -0.1) is 26.6 Å². The number of benzene rings is 1. The van der Waals surface area contributed by atoms with Crippen molar-refractivity contribution in [2.45, 2.75) is 57.7 Å². The van der Waals surface area contributed by atoms with Gasteiger partial charge in [-0.3, -0.25) is 4.98 Å². The van der Waals surface area contributed by atoms with Gasteiger partial charge < -0.3 is 10.4 Å². The molecule has 1 aliphatic heterocycles. The zero-order chi connectivity index (χ0) is 23.4. The summed E-state index contributed by atoms with van der Waals surface area (Å²) in [5, 5.41) is 33.1. The first-order chi connectivity index (χ1) is 15.6. The average molecular weight is 461 g/mol. The summed E-state index contributed by atoms with van der Waals surface area (Å²) < 4.78 is 1.89. The quantitative estimate of drug-likeness (QED) is 0.425. The summed E-state index contributed by atoms with van der Waals surface area (Å²) in [6.45, 7) is 15.9. The molecular weight excluding hydrogens is 436 g/mol. The highest BCUT2D eigenvalue weighted by Crippen LogP contribution is 2.38. The van der Waals surface area contributed by atoms with Crippen LogP contribution in [0.4, 0.5) is 5.00 Å². The molecule has 168 valence electrons. The van der Waals surface area contributed by atoms with E-state index in [1.165, 1.54) is 17.5 Å². The van der Waals surface area contributed by atoms with Crippen molar-refractivity contribution in [2.24, 2.45) is 0 Å². The van der Waals surface area contributed by atoms with Crippen molar-refractivity contribution in [3.8, 4) is 27.6 Å². The van der Waals surface area contributed by atoms with Crippen molar-refractivity contribution in [1.82, 2.24) is 35.5 Å². The van der Waals surface area contributed by atoms with Crippen LogP contribution in [0.5, 0.6) is 5.75 Å². The standard InChI is InChI=1S/C23H24N8OS/c1-22(2)10-14(11-23(3,4)29-22)31-20-17(27-30-31)9-16(26-28-20)15-7-6-13(8-18(15)32)21-25-12-19(24-5)33-21/h6-9,12,14,29,32H,10-11H2,1-4H3. The largest absolute Gasteiger partial charge is 0.507 e. The number of hydrogen-bond acceptors (Lipinski definition) is 8. The zero-order valence-electron chi connectivity index (χ0n) is 18.9. The minimum absolute atomic E-state index is 0.0292. The molecule has 0 radical (unpaired) electrons. The fourth-order valence-electron chi connectivity index (χ4n) is 4.90. The molecule has 0 aliphatic carbocycles. The highest BCUT2D eigenvalue weighted by molar-refractivity contribution is 7.19. The molecule has 0 unspecified atom stereocenters. The molecule has 4 heterocycles. The number of phenols is 1. The van der Waals surface area contributed by atoms with E-state index < -0.39 is 0 Å². The Morgan fingerprint density at radius 3 is 2.55 bits per heavy atom. The molecule has 3 aromatic heterocycles. The minimum atomic E-state index is -0.0292. The second kappa shape index (κ2) is 7.57. The van der Waals surface area contributed by atoms with Crippen LogP contribution in [-0.4, -0.2) is 46.4 Å². The van der Waals surface area contributed by atoms with Crippen molar-refractivity contribution in [2.75, 3.05) is 0 Å². The number of aromatic hydroxyl groups is 1. The Labute approximate surface area is 195 Å². The molecule has 0 bridgehead atoms. The molecule has 1 aliphatic rings. The Bertz CT molecular complexity index is 1380. The van der Waals surface area contributed by atoms with Crippen LogP contribution in [0.1, 0.15) is 46.6 Å². The Morgan fingerprint density at radius 1 is 1.12 bits per heavy atom. The molecule has 0 saturated carbocycles. The Kier molecular flexibility index (Phi) is 4.92. The SMILES string of the molecule is [C-]#[N+]c1cnc(-c2ccc(-c3cc4nnn(C5CC(C)(C)NC(C)(C)C5)c4nn3)c(O)c2)s1. The van der Waals surface area contributed by atoms with E-state index in [0.29, 0.717) is 32.4 Å². The van der Waals surface area contributed by atoms with Gasteiger partial charge in [-0.1, -0.05) is 11.3 Å². The summed E-state index contributed by atoms with van der Waals surface area (Å²) in [6, 6.07) is 7.22. The molecule has 10 heteroatoms. The van der Waals surface area contributed by atoms with E-state index in [-0.39, 0.29) is 22.9 Å². The number of aromatic nitrogens is 6. The fraction of sp³-hybridized carbons (Fsp3) is 0.391. The lowest BCUT2D eigenvalue weighted by Gasteiger charge is -2.46. The van der Waals surface area contributed by atoms with Crippen LogP contribution in [0.25, 0.3) is 37.8 Å². The first kappa shape index (κ1) is 21.4. The van der Waals surface area contributed by atoms with Gasteiger partial charge in [-0.05, 0) is 58.7 Å². The molecule has 2 N–H and O–H groups in total. The van der Waals surface area contributed by atoms with Crippen LogP contribution in [0.15, 0.2) is 30.5 Å². The molecular formula is C23H24N8OS. The molecule has 0 atom stereocenters. The summed E-state index contributed by atoms with van der Waals surface area (Å²) in [7, 11) is 0. The molecule has 0 amide bonds. The van der Waals surface area contributed by atoms with E-state index in [4.69, 9.17) is 6.57 Å². The number of rotatable bonds is 3. The molecule has 1 saturated heterocycles. The highest BCUT2D eigenvalue weighted by Gasteiger charge is 2.39. The third-order valence-corrected chi connectivity index (χ3v) is 6.80. The fourth-order valence-corrected chi connectivity index (χ4v) is 5.60. The van der Waals surface area contributed by atoms with Gasteiger partial charge in [0.15, 0.2) is 0 Å². The average Bonchev–Trinajstić information content (AvgIpc) is 3.38. The van der Waals surface area contributed by atoms with Crippen molar-refractivity contribution in [3.63, 3.8) is 0 Å². The molecule has 0 spiro atoms. The molecule has 1 fully saturated rings. The minimum Gasteiger partial charge on any atom is -0.507 e. The number of fused-ring (bicyclic) bond motifs is 1. The molecule has 33 heavy (non-hydrogen) atoms. The van der Waals surface area contributed by atoms with Gasteiger partial charge in [0.2, 0.25) is 5.65 Å². The lowest BCUT2D eigenvalue weighted by molar-refractivity contribution is 0.127. The van der Waals surface area contributed by atoms with Crippen molar-refractivity contribution >= 4 is 27.5 Å². The number of nitrogens with zero attached hydrogens (tertiary/aromatic N) is 7. The molecule has 4 aromatic rings. The summed E-state index contributed by atoms with van der Waals surface area (Å²) >= 11 is 1.28. The Balaban J connectivity index is 1.47. The van der Waals surface area contributed by atoms with Crippen LogP contribution in [0, 0.1) is 6.57 Å². The van der Waals surface area contributed by atoms with Gasteiger partial charge in [0, 0.05) is 28.4 Å². The number of phenolic OH excluding ortho intramolecular Hbond substituents is 1. The Morgan fingerprint density at radius 2 is 1.88 bits per heavy atom. The lowest BCUT2D eigenvalue weighted by atomic mass is 9.80. The van der Waals surface area contributed by atoms with Crippen LogP contribution >= 0.6 is 11.3 Å². The normalized spacial score (nSPS) is 17.8. The first-order valence-electron chi connectivity index (χ1n) is 10.7. The van der Waals surface area contributed by atoms with E-state index in [9.17, 15) is 5.11 Å². The second-order valence-corrected chi connectivity index (χ2v) is 10.8. The van der Waals surface area contributed by atoms with E-state index in [1.807, 2.05) is 10.7 Å². The van der Waals surface area contributed by atoms with Crippen LogP contribution in [0.2, 0.25) is 0 Å². The van der Waals surface area contributed by atoms with Gasteiger partial charge in [-0.25, -0.2) is 9.53 Å². The summed E-state index contributed by atoms with van der Waals surface area (Å²) in [5.41, 5.74) is 3.03. The smallest absolute Gasteiger partial charge is 0.260 e. The maximum Gasteiger partial charge on any atom is 0.260 e. The third-order valence-electron chi connectivity index (χ3n) is 5.86. The van der Waals surface area contributed by atoms with Gasteiger partial charge in [-0.2, -0.15) is 0 Å². The van der Waals surface area contributed by atoms with Crippen LogP contribution in [-0.2, 0) is 0 Å². The van der Waals surface area contributed by atoms with Gasteiger partial charge >= 0.3 is 0 Å². The van der Waals surface area contributed by atoms with E-state index in [2.05, 4.69) is 63.4 Å². The van der Waals surface area contributed by atoms with Crippen molar-refractivity contribution in [1.29, 1.82) is 0 Å².